The first kappa shape index (κ1) is 23.8. The predicted octanol–water partition coefficient (Wildman–Crippen LogP) is -2.28. The van der Waals surface area contributed by atoms with Gasteiger partial charge in [-0.15, -0.1) is 0 Å². The van der Waals surface area contributed by atoms with Crippen molar-refractivity contribution < 1.29 is 47.0 Å². The summed E-state index contributed by atoms with van der Waals surface area (Å²) in [5, 5.41) is 0. The van der Waals surface area contributed by atoms with Crippen LogP contribution >= 0.6 is 0 Å². The zero-order valence-corrected chi connectivity index (χ0v) is 5.61. The maximum atomic E-state index is 8.52. The van der Waals surface area contributed by atoms with E-state index in [2.05, 4.69) is 0 Å². The average molecular weight is 181 g/mol. The Bertz CT molecular complexity index is 91.7. The van der Waals surface area contributed by atoms with Gasteiger partial charge in [-0.25, -0.2) is 0 Å². The summed E-state index contributed by atoms with van der Waals surface area (Å²) in [6.07, 6.45) is 0. The van der Waals surface area contributed by atoms with Gasteiger partial charge >= 0.3 is 18.6 Å². The van der Waals surface area contributed by atoms with Crippen molar-refractivity contribution in [2.24, 2.45) is 0 Å². The predicted molar refractivity (Wildman–Crippen MR) is 14.8 cm³/mol. The Kier molecular flexibility index (Phi) is 21.9. The van der Waals surface area contributed by atoms with Crippen LogP contribution in [0.5, 0.6) is 0 Å². The van der Waals surface area contributed by atoms with Gasteiger partial charge in [0.05, 0.1) is 0 Å². The van der Waals surface area contributed by atoms with Crippen molar-refractivity contribution in [3.05, 3.63) is 0 Å². The Labute approximate surface area is 58.0 Å². The maximum absolute atomic E-state index is 8.52. The molecule has 0 aromatic rings. The minimum Gasteiger partial charge on any atom is -2.00 e. The van der Waals surface area contributed by atoms with Crippen LogP contribution in [0.2, 0.25) is 0 Å². The summed E-state index contributed by atoms with van der Waals surface area (Å²) in [6.45, 7) is 0. The molecule has 0 unspecified atom stereocenters. The molecule has 1 radical (unpaired) electrons. The van der Waals surface area contributed by atoms with Gasteiger partial charge in [0, 0.05) is 10.4 Å². The molecule has 0 amide bonds. The van der Waals surface area contributed by atoms with Crippen molar-refractivity contribution in [2.75, 3.05) is 0 Å². The average Bonchev–Trinajstić information content (AvgIpc) is 0.722. The standard InChI is InChI=1S/H2O4S.H2O.O.V/c1-5(2,3)4;;;/h(H2,1,2,3,4);1H2;;/q;;-2;+4/p-2. The summed E-state index contributed by atoms with van der Waals surface area (Å²) in [5.41, 5.74) is 0. The molecule has 0 heterocycles. The van der Waals surface area contributed by atoms with Crippen LogP contribution in [0.4, 0.5) is 0 Å². The fraction of sp³-hybridized carbons (Fsp3) is 0. The first-order chi connectivity index (χ1) is 2.00. The van der Waals surface area contributed by atoms with Crippen molar-refractivity contribution in [1.82, 2.24) is 0 Å². The van der Waals surface area contributed by atoms with Gasteiger partial charge in [0.25, 0.3) is 0 Å². The fourth-order valence-corrected chi connectivity index (χ4v) is 0. The van der Waals surface area contributed by atoms with Gasteiger partial charge in [0.1, 0.15) is 0 Å². The molecule has 8 heavy (non-hydrogen) atoms. The fourth-order valence-electron chi connectivity index (χ4n) is 0. The van der Waals surface area contributed by atoms with E-state index < -0.39 is 10.4 Å². The van der Waals surface area contributed by atoms with Gasteiger partial charge in [-0.1, -0.05) is 0 Å². The van der Waals surface area contributed by atoms with Crippen LogP contribution in [0.3, 0.4) is 0 Å². The van der Waals surface area contributed by atoms with E-state index in [0.29, 0.717) is 0 Å². The number of hydrogen-bond acceptors (Lipinski definition) is 4. The molecule has 2 N–H and O–H groups in total. The topological polar surface area (TPSA) is 140 Å². The quantitative estimate of drug-likeness (QED) is 0.306. The first-order valence-corrected chi connectivity index (χ1v) is 2.00. The second kappa shape index (κ2) is 7.37. The van der Waals surface area contributed by atoms with Gasteiger partial charge < -0.3 is 20.1 Å². The molecule has 0 saturated heterocycles. The molecule has 0 aromatic carbocycles. The Balaban J connectivity index is -0.0000000267. The van der Waals surface area contributed by atoms with Gasteiger partial charge in [-0.3, -0.25) is 8.42 Å². The molecule has 0 spiro atoms. The second-order valence-corrected chi connectivity index (χ2v) is 1.22. The van der Waals surface area contributed by atoms with Crippen molar-refractivity contribution in [3.63, 3.8) is 0 Å². The van der Waals surface area contributed by atoms with E-state index in [0.717, 1.165) is 0 Å². The van der Waals surface area contributed by atoms with Crippen LogP contribution in [-0.4, -0.2) is 23.0 Å². The summed E-state index contributed by atoms with van der Waals surface area (Å²) in [5.74, 6) is 0. The molecule has 0 aliphatic heterocycles. The van der Waals surface area contributed by atoms with Crippen LogP contribution in [-0.2, 0) is 34.4 Å². The third kappa shape index (κ3) is 1310. The normalized spacial score (nSPS) is 7.25. The van der Waals surface area contributed by atoms with E-state index >= 15 is 0 Å². The largest absolute Gasteiger partial charge is 4.00 e. The first-order valence-electron chi connectivity index (χ1n) is 0.667. The SMILES string of the molecule is O.O=S(=O)([O-])[O-].[O-2].[V+4]. The maximum Gasteiger partial charge on any atom is 4.00 e. The van der Waals surface area contributed by atoms with E-state index in [-0.39, 0.29) is 29.5 Å². The van der Waals surface area contributed by atoms with Gasteiger partial charge in [0.2, 0.25) is 0 Å². The molecule has 0 aliphatic rings. The van der Waals surface area contributed by atoms with Crippen molar-refractivity contribution in [1.29, 1.82) is 0 Å². The second-order valence-electron chi connectivity index (χ2n) is 0.408. The van der Waals surface area contributed by atoms with Crippen molar-refractivity contribution in [2.45, 2.75) is 0 Å². The molecular formula is H2O6SV. The Morgan fingerprint density at radius 2 is 1.12 bits per heavy atom. The van der Waals surface area contributed by atoms with E-state index in [9.17, 15) is 0 Å². The van der Waals surface area contributed by atoms with E-state index in [1.165, 1.54) is 0 Å². The monoisotopic (exact) mass is 181 g/mol. The molecule has 0 aromatic heterocycles. The van der Waals surface area contributed by atoms with Gasteiger partial charge in [-0.05, 0) is 0 Å². The van der Waals surface area contributed by atoms with Crippen molar-refractivity contribution >= 4 is 10.4 Å². The Morgan fingerprint density at radius 3 is 1.12 bits per heavy atom. The van der Waals surface area contributed by atoms with Crippen molar-refractivity contribution in [3.8, 4) is 0 Å². The van der Waals surface area contributed by atoms with E-state index in [1.54, 1.807) is 0 Å². The molecule has 0 bridgehead atoms. The summed E-state index contributed by atoms with van der Waals surface area (Å²) >= 11 is 0. The zero-order chi connectivity index (χ0) is 4.50. The molecular weight excluding hydrogens is 179 g/mol. The molecule has 0 rings (SSSR count). The number of rotatable bonds is 0. The number of hydrogen-bond donors (Lipinski definition) is 0. The molecule has 0 aliphatic carbocycles. The summed E-state index contributed by atoms with van der Waals surface area (Å²) in [6, 6.07) is 0. The third-order valence-corrected chi connectivity index (χ3v) is 0. The smallest absolute Gasteiger partial charge is 2.00 e. The summed E-state index contributed by atoms with van der Waals surface area (Å²) < 4.78 is 34.1. The zero-order valence-electron chi connectivity index (χ0n) is 3.40. The Hall–Kier alpha value is 0.374. The summed E-state index contributed by atoms with van der Waals surface area (Å²) in [4.78, 5) is 0. The van der Waals surface area contributed by atoms with Crippen LogP contribution in [0.1, 0.15) is 0 Å². The minimum atomic E-state index is -5.17. The van der Waals surface area contributed by atoms with Crippen LogP contribution in [0.25, 0.3) is 0 Å². The minimum absolute atomic E-state index is 0. The molecule has 8 heteroatoms. The van der Waals surface area contributed by atoms with Crippen LogP contribution < -0.4 is 0 Å². The molecule has 0 saturated carbocycles. The third-order valence-electron chi connectivity index (χ3n) is 0. The van der Waals surface area contributed by atoms with Crippen LogP contribution in [0, 0.1) is 0 Å². The molecule has 6 nitrogen and oxygen atoms in total. The van der Waals surface area contributed by atoms with E-state index in [4.69, 9.17) is 17.5 Å². The molecule has 0 fully saturated rings. The van der Waals surface area contributed by atoms with E-state index in [1.807, 2.05) is 0 Å². The molecule has 49 valence electrons. The molecule has 0 atom stereocenters. The Morgan fingerprint density at radius 1 is 1.12 bits per heavy atom. The van der Waals surface area contributed by atoms with Crippen LogP contribution in [0.15, 0.2) is 0 Å². The summed E-state index contributed by atoms with van der Waals surface area (Å²) in [7, 11) is -5.17. The van der Waals surface area contributed by atoms with Gasteiger partial charge in [0.15, 0.2) is 0 Å². The van der Waals surface area contributed by atoms with Gasteiger partial charge in [-0.2, -0.15) is 0 Å².